The second-order valence-corrected chi connectivity index (χ2v) is 5.91. The summed E-state index contributed by atoms with van der Waals surface area (Å²) in [5.41, 5.74) is 2.09. The number of benzene rings is 1. The average Bonchev–Trinajstić information content (AvgIpc) is 2.63. The Morgan fingerprint density at radius 1 is 1.13 bits per heavy atom. The van der Waals surface area contributed by atoms with Gasteiger partial charge in [0, 0.05) is 25.3 Å². The van der Waals surface area contributed by atoms with Crippen LogP contribution in [0, 0.1) is 0 Å². The van der Waals surface area contributed by atoms with E-state index in [9.17, 15) is 4.79 Å². The van der Waals surface area contributed by atoms with E-state index in [-0.39, 0.29) is 5.91 Å². The van der Waals surface area contributed by atoms with Gasteiger partial charge in [0.15, 0.2) is 5.76 Å². The molecule has 1 N–H and O–H groups in total. The highest BCUT2D eigenvalue weighted by Gasteiger charge is 2.14. The fourth-order valence-electron chi connectivity index (χ4n) is 2.78. The lowest BCUT2D eigenvalue weighted by atomic mass is 10.1. The Morgan fingerprint density at radius 2 is 1.91 bits per heavy atom. The van der Waals surface area contributed by atoms with Crippen molar-refractivity contribution in [2.75, 3.05) is 44.8 Å². The van der Waals surface area contributed by atoms with Crippen molar-refractivity contribution in [1.82, 2.24) is 4.90 Å². The van der Waals surface area contributed by atoms with Crippen molar-refractivity contribution in [3.05, 3.63) is 41.7 Å². The summed E-state index contributed by atoms with van der Waals surface area (Å²) in [5, 5.41) is 2.89. The molecule has 0 aromatic heterocycles. The molecule has 3 rings (SSSR count). The van der Waals surface area contributed by atoms with Crippen molar-refractivity contribution in [1.29, 1.82) is 0 Å². The molecular weight excluding hydrogens is 292 g/mol. The third kappa shape index (κ3) is 4.81. The number of allylic oxidation sites excluding steroid dienone is 1. The van der Waals surface area contributed by atoms with E-state index in [4.69, 9.17) is 9.47 Å². The summed E-state index contributed by atoms with van der Waals surface area (Å²) < 4.78 is 10.7. The number of anilines is 1. The summed E-state index contributed by atoms with van der Waals surface area (Å²) in [6.07, 6.45) is 4.76. The van der Waals surface area contributed by atoms with E-state index in [0.717, 1.165) is 57.8 Å². The van der Waals surface area contributed by atoms with Gasteiger partial charge in [-0.25, -0.2) is 0 Å². The number of carbonyl (C=O) groups excluding carboxylic acids is 1. The van der Waals surface area contributed by atoms with Crippen LogP contribution in [0.3, 0.4) is 0 Å². The highest BCUT2D eigenvalue weighted by Crippen LogP contribution is 2.15. The Labute approximate surface area is 137 Å². The number of carbonyl (C=O) groups is 1. The summed E-state index contributed by atoms with van der Waals surface area (Å²) in [5.74, 6) is 0.276. The molecule has 0 saturated carbocycles. The van der Waals surface area contributed by atoms with Crippen LogP contribution in [0.4, 0.5) is 5.69 Å². The minimum absolute atomic E-state index is 0.161. The lowest BCUT2D eigenvalue weighted by molar-refractivity contribution is -0.116. The third-order valence-electron chi connectivity index (χ3n) is 4.19. The zero-order chi connectivity index (χ0) is 15.9. The lowest BCUT2D eigenvalue weighted by Gasteiger charge is -2.26. The summed E-state index contributed by atoms with van der Waals surface area (Å²) >= 11 is 0. The normalized spacial score (nSPS) is 18.9. The monoisotopic (exact) mass is 316 g/mol. The van der Waals surface area contributed by atoms with E-state index in [1.807, 2.05) is 18.2 Å². The number of rotatable bonds is 5. The van der Waals surface area contributed by atoms with Crippen molar-refractivity contribution in [2.45, 2.75) is 19.3 Å². The predicted molar refractivity (Wildman–Crippen MR) is 89.3 cm³/mol. The van der Waals surface area contributed by atoms with Gasteiger partial charge in [0.05, 0.1) is 19.8 Å². The van der Waals surface area contributed by atoms with Crippen molar-refractivity contribution in [3.8, 4) is 0 Å². The molecule has 2 aliphatic rings. The van der Waals surface area contributed by atoms with Crippen molar-refractivity contribution >= 4 is 11.6 Å². The Hall–Kier alpha value is -1.85. The van der Waals surface area contributed by atoms with Crippen LogP contribution >= 0.6 is 0 Å². The van der Waals surface area contributed by atoms with Gasteiger partial charge in [-0.15, -0.1) is 0 Å². The number of morpholine rings is 1. The summed E-state index contributed by atoms with van der Waals surface area (Å²) in [4.78, 5) is 14.5. The van der Waals surface area contributed by atoms with Crippen LogP contribution in [0.25, 0.3) is 0 Å². The topological polar surface area (TPSA) is 50.8 Å². The molecule has 124 valence electrons. The highest BCUT2D eigenvalue weighted by atomic mass is 16.5. The standard InChI is InChI=1S/C18H24N2O3/c21-18(17-3-1-2-12-23-17)19-16-6-4-15(5-7-16)8-9-20-10-13-22-14-11-20/h3-7H,1-2,8-14H2,(H,19,21). The van der Waals surface area contributed by atoms with Gasteiger partial charge in [-0.3, -0.25) is 9.69 Å². The highest BCUT2D eigenvalue weighted by molar-refractivity contribution is 6.02. The maximum Gasteiger partial charge on any atom is 0.290 e. The quantitative estimate of drug-likeness (QED) is 0.905. The summed E-state index contributed by atoms with van der Waals surface area (Å²) in [7, 11) is 0. The summed E-state index contributed by atoms with van der Waals surface area (Å²) in [6, 6.07) is 8.06. The Morgan fingerprint density at radius 3 is 2.61 bits per heavy atom. The van der Waals surface area contributed by atoms with Gasteiger partial charge in [0.2, 0.25) is 0 Å². The second-order valence-electron chi connectivity index (χ2n) is 5.91. The molecule has 1 saturated heterocycles. The van der Waals surface area contributed by atoms with Crippen LogP contribution in [0.1, 0.15) is 18.4 Å². The van der Waals surface area contributed by atoms with E-state index in [0.29, 0.717) is 12.4 Å². The largest absolute Gasteiger partial charge is 0.488 e. The molecule has 23 heavy (non-hydrogen) atoms. The van der Waals surface area contributed by atoms with Gasteiger partial charge in [-0.2, -0.15) is 0 Å². The number of nitrogens with zero attached hydrogens (tertiary/aromatic N) is 1. The van der Waals surface area contributed by atoms with Gasteiger partial charge in [-0.05, 0) is 43.0 Å². The van der Waals surface area contributed by atoms with Crippen LogP contribution in [0.5, 0.6) is 0 Å². The molecule has 2 heterocycles. The molecule has 1 aromatic carbocycles. The molecule has 0 atom stereocenters. The van der Waals surface area contributed by atoms with E-state index in [1.165, 1.54) is 5.56 Å². The molecule has 0 unspecified atom stereocenters. The van der Waals surface area contributed by atoms with Crippen molar-refractivity contribution < 1.29 is 14.3 Å². The first-order valence-electron chi connectivity index (χ1n) is 8.34. The van der Waals surface area contributed by atoms with Crippen LogP contribution in [-0.4, -0.2) is 50.3 Å². The van der Waals surface area contributed by atoms with Gasteiger partial charge in [0.25, 0.3) is 5.91 Å². The van der Waals surface area contributed by atoms with E-state index < -0.39 is 0 Å². The molecule has 0 radical (unpaired) electrons. The Bertz CT molecular complexity index is 548. The van der Waals surface area contributed by atoms with Gasteiger partial charge < -0.3 is 14.8 Å². The number of ether oxygens (including phenoxy) is 2. The van der Waals surface area contributed by atoms with Crippen LogP contribution in [0.15, 0.2) is 36.1 Å². The minimum atomic E-state index is -0.161. The maximum absolute atomic E-state index is 12.1. The number of hydrogen-bond acceptors (Lipinski definition) is 4. The zero-order valence-electron chi connectivity index (χ0n) is 13.4. The zero-order valence-corrected chi connectivity index (χ0v) is 13.4. The lowest BCUT2D eigenvalue weighted by Crippen LogP contribution is -2.37. The van der Waals surface area contributed by atoms with E-state index in [1.54, 1.807) is 0 Å². The van der Waals surface area contributed by atoms with E-state index >= 15 is 0 Å². The molecule has 0 spiro atoms. The fourth-order valence-corrected chi connectivity index (χ4v) is 2.78. The average molecular weight is 316 g/mol. The number of hydrogen-bond donors (Lipinski definition) is 1. The summed E-state index contributed by atoms with van der Waals surface area (Å²) in [6.45, 7) is 5.38. The molecule has 1 fully saturated rings. The van der Waals surface area contributed by atoms with Crippen molar-refractivity contribution in [3.63, 3.8) is 0 Å². The Balaban J connectivity index is 1.48. The van der Waals surface area contributed by atoms with E-state index in [2.05, 4.69) is 22.3 Å². The molecule has 1 aromatic rings. The van der Waals surface area contributed by atoms with Gasteiger partial charge in [0.1, 0.15) is 0 Å². The number of nitrogens with one attached hydrogen (secondary N) is 1. The third-order valence-corrected chi connectivity index (χ3v) is 4.19. The molecule has 1 amide bonds. The fraction of sp³-hybridized carbons (Fsp3) is 0.500. The van der Waals surface area contributed by atoms with Crippen LogP contribution in [0.2, 0.25) is 0 Å². The molecule has 5 nitrogen and oxygen atoms in total. The maximum atomic E-state index is 12.1. The predicted octanol–water partition coefficient (Wildman–Crippen LogP) is 2.19. The molecular formula is C18H24N2O3. The van der Waals surface area contributed by atoms with Gasteiger partial charge >= 0.3 is 0 Å². The van der Waals surface area contributed by atoms with Crippen LogP contribution < -0.4 is 5.32 Å². The minimum Gasteiger partial charge on any atom is -0.488 e. The first-order valence-corrected chi connectivity index (χ1v) is 8.34. The van der Waals surface area contributed by atoms with Gasteiger partial charge in [-0.1, -0.05) is 12.1 Å². The second kappa shape index (κ2) is 8.13. The van der Waals surface area contributed by atoms with Crippen LogP contribution in [-0.2, 0) is 20.7 Å². The first kappa shape index (κ1) is 16.0. The Kier molecular flexibility index (Phi) is 5.66. The molecule has 2 aliphatic heterocycles. The first-order chi connectivity index (χ1) is 11.3. The molecule has 0 aliphatic carbocycles. The molecule has 5 heteroatoms. The SMILES string of the molecule is O=C(Nc1ccc(CCN2CCOCC2)cc1)C1=CCCCO1. The smallest absolute Gasteiger partial charge is 0.290 e. The van der Waals surface area contributed by atoms with Crippen molar-refractivity contribution in [2.24, 2.45) is 0 Å². The molecule has 0 bridgehead atoms. The number of amides is 1.